The van der Waals surface area contributed by atoms with Gasteiger partial charge in [0.15, 0.2) is 0 Å². The molecule has 0 aromatic heterocycles. The first-order valence-electron chi connectivity index (χ1n) is 7.12. The van der Waals surface area contributed by atoms with Crippen LogP contribution in [-0.2, 0) is 0 Å². The molecule has 3 heteroatoms. The van der Waals surface area contributed by atoms with Crippen LogP contribution in [0, 0.1) is 5.41 Å². The molecule has 1 fully saturated rings. The number of benzene rings is 1. The molecule has 3 nitrogen and oxygen atoms in total. The highest BCUT2D eigenvalue weighted by atomic mass is 16.3. The van der Waals surface area contributed by atoms with Crippen LogP contribution in [0.15, 0.2) is 30.3 Å². The molecule has 0 spiro atoms. The Morgan fingerprint density at radius 2 is 2.00 bits per heavy atom. The van der Waals surface area contributed by atoms with Gasteiger partial charge in [-0.05, 0) is 24.9 Å². The molecular formula is C16H25NO2. The van der Waals surface area contributed by atoms with Crippen molar-refractivity contribution in [3.8, 4) is 0 Å². The minimum atomic E-state index is -0.478. The molecule has 0 amide bonds. The van der Waals surface area contributed by atoms with Gasteiger partial charge in [0.05, 0.1) is 12.7 Å². The fourth-order valence-corrected chi connectivity index (χ4v) is 3.01. The second kappa shape index (κ2) is 6.04. The van der Waals surface area contributed by atoms with Crippen molar-refractivity contribution in [2.45, 2.75) is 38.8 Å². The first kappa shape index (κ1) is 14.5. The van der Waals surface area contributed by atoms with Crippen LogP contribution in [0.5, 0.6) is 0 Å². The molecule has 1 saturated heterocycles. The molecule has 2 unspecified atom stereocenters. The van der Waals surface area contributed by atoms with Crippen LogP contribution in [0.4, 0.5) is 0 Å². The summed E-state index contributed by atoms with van der Waals surface area (Å²) in [6.07, 6.45) is 1.73. The van der Waals surface area contributed by atoms with Gasteiger partial charge in [-0.3, -0.25) is 4.90 Å². The maximum absolute atomic E-state index is 10.6. The minimum absolute atomic E-state index is 0.220. The van der Waals surface area contributed by atoms with Crippen molar-refractivity contribution in [1.29, 1.82) is 0 Å². The SMILES string of the molecule is CC(C)(CN1CCCC1CO)C(O)c1ccccc1. The predicted octanol–water partition coefficient (Wildman–Crippen LogP) is 2.20. The maximum Gasteiger partial charge on any atom is 0.0853 e. The first-order valence-corrected chi connectivity index (χ1v) is 7.12. The fourth-order valence-electron chi connectivity index (χ4n) is 3.01. The molecule has 0 aliphatic carbocycles. The van der Waals surface area contributed by atoms with E-state index in [1.54, 1.807) is 0 Å². The third-order valence-electron chi connectivity index (χ3n) is 4.18. The van der Waals surface area contributed by atoms with E-state index in [-0.39, 0.29) is 18.1 Å². The van der Waals surface area contributed by atoms with Crippen molar-refractivity contribution in [3.05, 3.63) is 35.9 Å². The van der Waals surface area contributed by atoms with E-state index in [0.29, 0.717) is 0 Å². The van der Waals surface area contributed by atoms with E-state index in [1.165, 1.54) is 0 Å². The van der Waals surface area contributed by atoms with Crippen molar-refractivity contribution in [2.24, 2.45) is 5.41 Å². The molecular weight excluding hydrogens is 238 g/mol. The quantitative estimate of drug-likeness (QED) is 0.856. The van der Waals surface area contributed by atoms with Crippen molar-refractivity contribution >= 4 is 0 Å². The number of aliphatic hydroxyl groups is 2. The monoisotopic (exact) mass is 263 g/mol. The smallest absolute Gasteiger partial charge is 0.0853 e. The summed E-state index contributed by atoms with van der Waals surface area (Å²) in [7, 11) is 0. The topological polar surface area (TPSA) is 43.7 Å². The lowest BCUT2D eigenvalue weighted by atomic mass is 9.82. The highest BCUT2D eigenvalue weighted by Crippen LogP contribution is 2.35. The number of likely N-dealkylation sites (tertiary alicyclic amines) is 1. The van der Waals surface area contributed by atoms with Gasteiger partial charge in [-0.1, -0.05) is 44.2 Å². The number of nitrogens with zero attached hydrogens (tertiary/aromatic N) is 1. The third-order valence-corrected chi connectivity index (χ3v) is 4.18. The Morgan fingerprint density at radius 1 is 1.32 bits per heavy atom. The standard InChI is InChI=1S/C16H25NO2/c1-16(2,12-17-10-6-9-14(17)11-18)15(19)13-7-4-3-5-8-13/h3-5,7-8,14-15,18-19H,6,9-12H2,1-2H3. The van der Waals surface area contributed by atoms with Crippen LogP contribution in [0.2, 0.25) is 0 Å². The summed E-state index contributed by atoms with van der Waals surface area (Å²) in [6.45, 7) is 6.25. The van der Waals surface area contributed by atoms with Crippen LogP contribution < -0.4 is 0 Å². The van der Waals surface area contributed by atoms with Gasteiger partial charge in [-0.15, -0.1) is 0 Å². The third kappa shape index (κ3) is 3.35. The molecule has 1 aromatic rings. The molecule has 106 valence electrons. The largest absolute Gasteiger partial charge is 0.395 e. The van der Waals surface area contributed by atoms with Crippen molar-refractivity contribution < 1.29 is 10.2 Å². The summed E-state index contributed by atoms with van der Waals surface area (Å²) in [5, 5.41) is 20.0. The highest BCUT2D eigenvalue weighted by molar-refractivity contribution is 5.19. The van der Waals surface area contributed by atoms with Crippen molar-refractivity contribution in [3.63, 3.8) is 0 Å². The van der Waals surface area contributed by atoms with Crippen LogP contribution >= 0.6 is 0 Å². The zero-order chi connectivity index (χ0) is 13.9. The molecule has 2 N–H and O–H groups in total. The van der Waals surface area contributed by atoms with Crippen LogP contribution in [0.1, 0.15) is 38.4 Å². The molecule has 1 aliphatic heterocycles. The molecule has 19 heavy (non-hydrogen) atoms. The van der Waals surface area contributed by atoms with Gasteiger partial charge in [-0.25, -0.2) is 0 Å². The zero-order valence-corrected chi connectivity index (χ0v) is 11.9. The Hall–Kier alpha value is -0.900. The summed E-state index contributed by atoms with van der Waals surface area (Å²) in [5.74, 6) is 0. The van der Waals surface area contributed by atoms with E-state index in [4.69, 9.17) is 0 Å². The lowest BCUT2D eigenvalue weighted by molar-refractivity contribution is 0.0112. The lowest BCUT2D eigenvalue weighted by Gasteiger charge is -2.36. The van der Waals surface area contributed by atoms with Gasteiger partial charge in [0.1, 0.15) is 0 Å². The summed E-state index contributed by atoms with van der Waals surface area (Å²) >= 11 is 0. The summed E-state index contributed by atoms with van der Waals surface area (Å²) in [4.78, 5) is 2.31. The van der Waals surface area contributed by atoms with Crippen LogP contribution in [0.3, 0.4) is 0 Å². The number of rotatable bonds is 5. The van der Waals surface area contributed by atoms with E-state index in [2.05, 4.69) is 18.7 Å². The molecule has 1 aliphatic rings. The van der Waals surface area contributed by atoms with Crippen LogP contribution in [0.25, 0.3) is 0 Å². The zero-order valence-electron chi connectivity index (χ0n) is 11.9. The van der Waals surface area contributed by atoms with Gasteiger partial charge >= 0.3 is 0 Å². The molecule has 2 atom stereocenters. The van der Waals surface area contributed by atoms with Gasteiger partial charge in [0.25, 0.3) is 0 Å². The second-order valence-electron chi connectivity index (χ2n) is 6.25. The predicted molar refractivity (Wildman–Crippen MR) is 76.9 cm³/mol. The number of aliphatic hydroxyl groups excluding tert-OH is 2. The molecule has 2 rings (SSSR count). The van der Waals surface area contributed by atoms with Gasteiger partial charge in [-0.2, -0.15) is 0 Å². The van der Waals surface area contributed by atoms with E-state index < -0.39 is 6.10 Å². The van der Waals surface area contributed by atoms with Crippen molar-refractivity contribution in [2.75, 3.05) is 19.7 Å². The first-order chi connectivity index (χ1) is 9.04. The Balaban J connectivity index is 2.05. The Morgan fingerprint density at radius 3 is 2.63 bits per heavy atom. The second-order valence-corrected chi connectivity index (χ2v) is 6.25. The summed E-state index contributed by atoms with van der Waals surface area (Å²) in [5.41, 5.74) is 0.742. The van der Waals surface area contributed by atoms with Gasteiger partial charge in [0.2, 0.25) is 0 Å². The lowest BCUT2D eigenvalue weighted by Crippen LogP contribution is -2.41. The molecule has 1 aromatic carbocycles. The van der Waals surface area contributed by atoms with E-state index >= 15 is 0 Å². The molecule has 1 heterocycles. The van der Waals surface area contributed by atoms with Gasteiger partial charge in [0, 0.05) is 18.0 Å². The maximum atomic E-state index is 10.6. The summed E-state index contributed by atoms with van der Waals surface area (Å²) < 4.78 is 0. The fraction of sp³-hybridized carbons (Fsp3) is 0.625. The Labute approximate surface area is 115 Å². The average molecular weight is 263 g/mol. The molecule has 0 radical (unpaired) electrons. The van der Waals surface area contributed by atoms with Crippen LogP contribution in [-0.4, -0.2) is 40.9 Å². The minimum Gasteiger partial charge on any atom is -0.395 e. The van der Waals surface area contributed by atoms with E-state index in [9.17, 15) is 10.2 Å². The normalized spacial score (nSPS) is 22.6. The summed E-state index contributed by atoms with van der Waals surface area (Å²) in [6, 6.07) is 10.1. The van der Waals surface area contributed by atoms with Gasteiger partial charge < -0.3 is 10.2 Å². The highest BCUT2D eigenvalue weighted by Gasteiger charge is 2.34. The number of hydrogen-bond acceptors (Lipinski definition) is 3. The van der Waals surface area contributed by atoms with E-state index in [1.807, 2.05) is 30.3 Å². The average Bonchev–Trinajstić information content (AvgIpc) is 2.85. The molecule has 0 bridgehead atoms. The Bertz CT molecular complexity index is 391. The van der Waals surface area contributed by atoms with E-state index in [0.717, 1.165) is 31.5 Å². The number of hydrogen-bond donors (Lipinski definition) is 2. The van der Waals surface area contributed by atoms with Crippen molar-refractivity contribution in [1.82, 2.24) is 4.90 Å². The Kier molecular flexibility index (Phi) is 4.61. The molecule has 0 saturated carbocycles.